The van der Waals surface area contributed by atoms with Gasteiger partial charge in [0.15, 0.2) is 0 Å². The second-order valence-electron chi connectivity index (χ2n) is 8.02. The van der Waals surface area contributed by atoms with Gasteiger partial charge < -0.3 is 10.2 Å². The molecule has 138 valence electrons. The Labute approximate surface area is 155 Å². The fraction of sp³-hybridized carbons (Fsp3) is 0.476. The molecule has 1 N–H and O–H groups in total. The zero-order valence-electron chi connectivity index (χ0n) is 16.2. The number of likely N-dealkylation sites (tertiary alicyclic amines) is 1. The summed E-state index contributed by atoms with van der Waals surface area (Å²) in [4.78, 5) is 23.5. The van der Waals surface area contributed by atoms with Gasteiger partial charge >= 0.3 is 0 Å². The number of nitrogens with zero attached hydrogens (tertiary/aromatic N) is 3. The SMILES string of the molecule is Cc1cc(C(=O)N2CCCCC2)nc(Nc2ccc(C(C)(C)C)cc2)n1. The van der Waals surface area contributed by atoms with Gasteiger partial charge in [0.2, 0.25) is 5.95 Å². The minimum atomic E-state index is 0.00123. The third kappa shape index (κ3) is 4.40. The van der Waals surface area contributed by atoms with Crippen molar-refractivity contribution in [3.05, 3.63) is 47.3 Å². The van der Waals surface area contributed by atoms with E-state index >= 15 is 0 Å². The molecule has 1 aliphatic heterocycles. The van der Waals surface area contributed by atoms with Gasteiger partial charge in [0, 0.05) is 24.5 Å². The van der Waals surface area contributed by atoms with Crippen LogP contribution in [0.5, 0.6) is 0 Å². The number of aromatic nitrogens is 2. The molecule has 0 atom stereocenters. The van der Waals surface area contributed by atoms with Crippen molar-refractivity contribution < 1.29 is 4.79 Å². The first-order valence-corrected chi connectivity index (χ1v) is 9.35. The topological polar surface area (TPSA) is 58.1 Å². The van der Waals surface area contributed by atoms with E-state index in [4.69, 9.17) is 0 Å². The minimum Gasteiger partial charge on any atom is -0.337 e. The van der Waals surface area contributed by atoms with Crippen LogP contribution in [0.15, 0.2) is 30.3 Å². The van der Waals surface area contributed by atoms with Crippen molar-refractivity contribution in [3.63, 3.8) is 0 Å². The van der Waals surface area contributed by atoms with Crippen LogP contribution in [0.4, 0.5) is 11.6 Å². The molecule has 1 fully saturated rings. The fourth-order valence-electron chi connectivity index (χ4n) is 3.18. The van der Waals surface area contributed by atoms with E-state index in [0.29, 0.717) is 11.6 Å². The van der Waals surface area contributed by atoms with Crippen LogP contribution in [0.25, 0.3) is 0 Å². The highest BCUT2D eigenvalue weighted by molar-refractivity contribution is 5.92. The monoisotopic (exact) mass is 352 g/mol. The van der Waals surface area contributed by atoms with Gasteiger partial charge in [-0.05, 0) is 55.4 Å². The molecule has 0 saturated carbocycles. The van der Waals surface area contributed by atoms with E-state index in [2.05, 4.69) is 48.2 Å². The zero-order valence-corrected chi connectivity index (χ0v) is 16.2. The maximum atomic E-state index is 12.7. The first kappa shape index (κ1) is 18.4. The van der Waals surface area contributed by atoms with E-state index in [0.717, 1.165) is 37.3 Å². The Morgan fingerprint density at radius 3 is 2.31 bits per heavy atom. The van der Waals surface area contributed by atoms with E-state index in [9.17, 15) is 4.79 Å². The summed E-state index contributed by atoms with van der Waals surface area (Å²) in [5.74, 6) is 0.468. The van der Waals surface area contributed by atoms with Gasteiger partial charge in [-0.1, -0.05) is 32.9 Å². The van der Waals surface area contributed by atoms with Gasteiger partial charge in [-0.3, -0.25) is 4.79 Å². The highest BCUT2D eigenvalue weighted by atomic mass is 16.2. The van der Waals surface area contributed by atoms with Gasteiger partial charge in [0.1, 0.15) is 5.69 Å². The van der Waals surface area contributed by atoms with E-state index in [1.54, 1.807) is 6.07 Å². The highest BCUT2D eigenvalue weighted by Gasteiger charge is 2.20. The molecular weight excluding hydrogens is 324 g/mol. The summed E-state index contributed by atoms with van der Waals surface area (Å²) >= 11 is 0. The molecular formula is C21H28N4O. The largest absolute Gasteiger partial charge is 0.337 e. The van der Waals surface area contributed by atoms with Crippen molar-refractivity contribution >= 4 is 17.5 Å². The fourth-order valence-corrected chi connectivity index (χ4v) is 3.18. The van der Waals surface area contributed by atoms with Crippen LogP contribution in [-0.2, 0) is 5.41 Å². The molecule has 2 aromatic rings. The predicted molar refractivity (Wildman–Crippen MR) is 105 cm³/mol. The van der Waals surface area contributed by atoms with Gasteiger partial charge in [-0.25, -0.2) is 9.97 Å². The second-order valence-corrected chi connectivity index (χ2v) is 8.02. The third-order valence-corrected chi connectivity index (χ3v) is 4.72. The molecule has 1 saturated heterocycles. The molecule has 2 heterocycles. The highest BCUT2D eigenvalue weighted by Crippen LogP contribution is 2.24. The molecule has 26 heavy (non-hydrogen) atoms. The minimum absolute atomic E-state index is 0.00123. The van der Waals surface area contributed by atoms with Gasteiger partial charge in [-0.15, -0.1) is 0 Å². The number of amides is 1. The molecule has 1 amide bonds. The van der Waals surface area contributed by atoms with E-state index in [1.165, 1.54) is 12.0 Å². The number of rotatable bonds is 3. The number of hydrogen-bond donors (Lipinski definition) is 1. The first-order valence-electron chi connectivity index (χ1n) is 9.35. The second kappa shape index (κ2) is 7.44. The van der Waals surface area contributed by atoms with Crippen LogP contribution in [-0.4, -0.2) is 33.9 Å². The van der Waals surface area contributed by atoms with Crippen LogP contribution in [0, 0.1) is 6.92 Å². The first-order chi connectivity index (χ1) is 12.3. The molecule has 0 radical (unpaired) electrons. The summed E-state index contributed by atoms with van der Waals surface area (Å²) < 4.78 is 0. The van der Waals surface area contributed by atoms with Crippen LogP contribution >= 0.6 is 0 Å². The Bertz CT molecular complexity index is 772. The lowest BCUT2D eigenvalue weighted by atomic mass is 9.87. The van der Waals surface area contributed by atoms with Crippen LogP contribution in [0.2, 0.25) is 0 Å². The molecule has 5 heteroatoms. The summed E-state index contributed by atoms with van der Waals surface area (Å²) in [6, 6.07) is 10.0. The smallest absolute Gasteiger partial charge is 0.272 e. The molecule has 1 aromatic carbocycles. The molecule has 1 aliphatic rings. The lowest BCUT2D eigenvalue weighted by Gasteiger charge is -2.26. The molecule has 0 bridgehead atoms. The molecule has 1 aromatic heterocycles. The maximum absolute atomic E-state index is 12.7. The summed E-state index contributed by atoms with van der Waals surface area (Å²) in [5.41, 5.74) is 3.56. The number of nitrogens with one attached hydrogen (secondary N) is 1. The number of carbonyl (C=O) groups excluding carboxylic acids is 1. The standard InChI is InChI=1S/C21H28N4O/c1-15-14-18(19(26)25-12-6-5-7-13-25)24-20(22-15)23-17-10-8-16(9-11-17)21(2,3)4/h8-11,14H,5-7,12-13H2,1-4H3,(H,22,23,24). The van der Waals surface area contributed by atoms with Gasteiger partial charge in [0.05, 0.1) is 0 Å². The lowest BCUT2D eigenvalue weighted by molar-refractivity contribution is 0.0718. The Morgan fingerprint density at radius 1 is 1.04 bits per heavy atom. The maximum Gasteiger partial charge on any atom is 0.272 e. The third-order valence-electron chi connectivity index (χ3n) is 4.72. The van der Waals surface area contributed by atoms with Crippen molar-refractivity contribution in [2.24, 2.45) is 0 Å². The molecule has 0 spiro atoms. The lowest BCUT2D eigenvalue weighted by Crippen LogP contribution is -2.36. The van der Waals surface area contributed by atoms with Crippen molar-refractivity contribution in [3.8, 4) is 0 Å². The number of piperidine rings is 1. The van der Waals surface area contributed by atoms with E-state index in [-0.39, 0.29) is 11.3 Å². The Balaban J connectivity index is 1.78. The van der Waals surface area contributed by atoms with Crippen molar-refractivity contribution in [1.82, 2.24) is 14.9 Å². The average Bonchev–Trinajstić information content (AvgIpc) is 2.61. The Hall–Kier alpha value is -2.43. The number of aryl methyl sites for hydroxylation is 1. The van der Waals surface area contributed by atoms with E-state index in [1.807, 2.05) is 24.0 Å². The molecule has 5 nitrogen and oxygen atoms in total. The number of anilines is 2. The normalized spacial score (nSPS) is 15.0. The van der Waals surface area contributed by atoms with Gasteiger partial charge in [-0.2, -0.15) is 0 Å². The Morgan fingerprint density at radius 2 is 1.69 bits per heavy atom. The molecule has 0 aliphatic carbocycles. The van der Waals surface area contributed by atoms with Crippen LogP contribution in [0.1, 0.15) is 61.8 Å². The van der Waals surface area contributed by atoms with Crippen molar-refractivity contribution in [2.45, 2.75) is 52.4 Å². The average molecular weight is 352 g/mol. The van der Waals surface area contributed by atoms with Crippen molar-refractivity contribution in [2.75, 3.05) is 18.4 Å². The zero-order chi connectivity index (χ0) is 18.7. The van der Waals surface area contributed by atoms with Crippen LogP contribution in [0.3, 0.4) is 0 Å². The van der Waals surface area contributed by atoms with Crippen LogP contribution < -0.4 is 5.32 Å². The molecule has 0 unspecified atom stereocenters. The summed E-state index contributed by atoms with van der Waals surface area (Å²) in [7, 11) is 0. The summed E-state index contributed by atoms with van der Waals surface area (Å²) in [6.45, 7) is 10.1. The van der Waals surface area contributed by atoms with Crippen molar-refractivity contribution in [1.29, 1.82) is 0 Å². The summed E-state index contributed by atoms with van der Waals surface area (Å²) in [6.07, 6.45) is 3.34. The molecule has 3 rings (SSSR count). The predicted octanol–water partition coefficient (Wildman–Crippen LogP) is 4.45. The quantitative estimate of drug-likeness (QED) is 0.886. The van der Waals surface area contributed by atoms with E-state index < -0.39 is 0 Å². The number of hydrogen-bond acceptors (Lipinski definition) is 4. The number of benzene rings is 1. The Kier molecular flexibility index (Phi) is 5.25. The van der Waals surface area contributed by atoms with Gasteiger partial charge in [0.25, 0.3) is 5.91 Å². The number of carbonyl (C=O) groups is 1. The summed E-state index contributed by atoms with van der Waals surface area (Å²) in [5, 5.41) is 3.23.